The maximum atomic E-state index is 13.2. The van der Waals surface area contributed by atoms with Crippen molar-refractivity contribution < 1.29 is 14.3 Å². The van der Waals surface area contributed by atoms with Crippen LogP contribution in [-0.4, -0.2) is 36.0 Å². The van der Waals surface area contributed by atoms with Crippen LogP contribution in [0.25, 0.3) is 11.1 Å². The molecule has 2 aromatic rings. The number of ether oxygens (including phenoxy) is 1. The highest BCUT2D eigenvalue weighted by molar-refractivity contribution is 6.30. The summed E-state index contributed by atoms with van der Waals surface area (Å²) in [7, 11) is 1.47. The molecule has 1 amide bonds. The van der Waals surface area contributed by atoms with E-state index in [0.29, 0.717) is 11.6 Å². The fourth-order valence-corrected chi connectivity index (χ4v) is 4.18. The first-order valence-electron chi connectivity index (χ1n) is 9.03. The normalized spacial score (nSPS) is 22.6. The van der Waals surface area contributed by atoms with Crippen molar-refractivity contribution in [1.82, 2.24) is 4.90 Å². The summed E-state index contributed by atoms with van der Waals surface area (Å²) in [5.41, 5.74) is 3.39. The molecule has 0 radical (unpaired) electrons. The van der Waals surface area contributed by atoms with E-state index in [2.05, 4.69) is 0 Å². The number of aryl methyl sites for hydroxylation is 1. The van der Waals surface area contributed by atoms with Gasteiger partial charge in [0.2, 0.25) is 17.4 Å². The zero-order chi connectivity index (χ0) is 19.9. The smallest absolute Gasteiger partial charge is 0.240 e. The van der Waals surface area contributed by atoms with Crippen LogP contribution < -0.4 is 0 Å². The first kappa shape index (κ1) is 19.6. The van der Waals surface area contributed by atoms with Crippen LogP contribution in [0.2, 0.25) is 5.02 Å². The number of likely N-dealkylation sites (tertiary alicyclic amines) is 1. The molecule has 2 atom stereocenters. The lowest BCUT2D eigenvalue weighted by atomic mass is 9.84. The predicted molar refractivity (Wildman–Crippen MR) is 107 cm³/mol. The highest BCUT2D eigenvalue weighted by Gasteiger charge is 2.56. The molecule has 2 unspecified atom stereocenters. The van der Waals surface area contributed by atoms with Gasteiger partial charge in [-0.15, -0.1) is 0 Å². The van der Waals surface area contributed by atoms with E-state index in [1.54, 1.807) is 6.92 Å². The van der Waals surface area contributed by atoms with Gasteiger partial charge in [0, 0.05) is 18.7 Å². The Morgan fingerprint density at radius 3 is 2.26 bits per heavy atom. The molecule has 0 aromatic heterocycles. The lowest BCUT2D eigenvalue weighted by Crippen LogP contribution is -2.48. The van der Waals surface area contributed by atoms with Crippen LogP contribution >= 0.6 is 11.6 Å². The number of likely N-dealkylation sites (N-methyl/N-ethyl adjacent to an activating group) is 1. The van der Waals surface area contributed by atoms with Gasteiger partial charge in [0.05, 0.1) is 0 Å². The number of rotatable bonds is 4. The Morgan fingerprint density at radius 1 is 1.11 bits per heavy atom. The average Bonchev–Trinajstić information content (AvgIpc) is 2.83. The van der Waals surface area contributed by atoms with Crippen molar-refractivity contribution in [3.05, 3.63) is 58.1 Å². The summed E-state index contributed by atoms with van der Waals surface area (Å²) < 4.78 is 5.49. The lowest BCUT2D eigenvalue weighted by molar-refractivity contribution is -0.159. The largest absolute Gasteiger partial charge is 0.352 e. The molecule has 142 valence electrons. The number of hydrogen-bond acceptors (Lipinski definition) is 3. The molecule has 2 aromatic carbocycles. The van der Waals surface area contributed by atoms with Crippen molar-refractivity contribution >= 4 is 23.3 Å². The van der Waals surface area contributed by atoms with Gasteiger partial charge in [-0.3, -0.25) is 9.59 Å². The van der Waals surface area contributed by atoms with Gasteiger partial charge in [0.15, 0.2) is 0 Å². The molecule has 1 heterocycles. The molecule has 1 aliphatic rings. The van der Waals surface area contributed by atoms with Gasteiger partial charge in [-0.1, -0.05) is 35.9 Å². The minimum Gasteiger partial charge on any atom is -0.352 e. The standard InChI is InChI=1S/C22H24ClNO3/c1-6-24-21(26)19(20(25)22(24,4)27-5)18-13(2)7-12-17(14(18)3)15-8-10-16(23)11-9-15/h7-12,19H,6H2,1-5H3. The number of carbonyl (C=O) groups is 2. The van der Waals surface area contributed by atoms with Crippen LogP contribution in [0.5, 0.6) is 0 Å². The van der Waals surface area contributed by atoms with Crippen LogP contribution in [-0.2, 0) is 14.3 Å². The highest BCUT2D eigenvalue weighted by atomic mass is 35.5. The van der Waals surface area contributed by atoms with Gasteiger partial charge in [0.1, 0.15) is 5.92 Å². The summed E-state index contributed by atoms with van der Waals surface area (Å²) in [6.45, 7) is 7.85. The van der Waals surface area contributed by atoms with Crippen LogP contribution in [0.1, 0.15) is 36.5 Å². The maximum absolute atomic E-state index is 13.2. The highest BCUT2D eigenvalue weighted by Crippen LogP contribution is 2.41. The third kappa shape index (κ3) is 2.97. The second-order valence-corrected chi connectivity index (χ2v) is 7.48. The summed E-state index contributed by atoms with van der Waals surface area (Å²) in [5, 5.41) is 0.666. The molecule has 0 spiro atoms. The Labute approximate surface area is 165 Å². The van der Waals surface area contributed by atoms with E-state index in [1.165, 1.54) is 12.0 Å². The van der Waals surface area contributed by atoms with E-state index in [9.17, 15) is 9.59 Å². The zero-order valence-corrected chi connectivity index (χ0v) is 17.1. The summed E-state index contributed by atoms with van der Waals surface area (Å²) in [6, 6.07) is 11.5. The number of benzene rings is 2. The van der Waals surface area contributed by atoms with Gasteiger partial charge in [-0.05, 0) is 67.6 Å². The molecule has 0 N–H and O–H groups in total. The van der Waals surface area contributed by atoms with Crippen LogP contribution in [0.3, 0.4) is 0 Å². The lowest BCUT2D eigenvalue weighted by Gasteiger charge is -2.30. The Kier molecular flexibility index (Phi) is 5.15. The molecular formula is C22H24ClNO3. The average molecular weight is 386 g/mol. The number of amides is 1. The van der Waals surface area contributed by atoms with Crippen molar-refractivity contribution in [2.75, 3.05) is 13.7 Å². The number of halogens is 1. The zero-order valence-electron chi connectivity index (χ0n) is 16.3. The third-order valence-corrected chi connectivity index (χ3v) is 5.89. The fraction of sp³-hybridized carbons (Fsp3) is 0.364. The number of ketones is 1. The van der Waals surface area contributed by atoms with Crippen molar-refractivity contribution in [2.24, 2.45) is 0 Å². The SMILES string of the molecule is CCN1C(=O)C(c2c(C)ccc(-c3ccc(Cl)cc3)c2C)C(=O)C1(C)OC. The number of nitrogens with zero attached hydrogens (tertiary/aromatic N) is 1. The van der Waals surface area contributed by atoms with Crippen molar-refractivity contribution in [3.8, 4) is 11.1 Å². The molecule has 1 saturated heterocycles. The Bertz CT molecular complexity index is 907. The summed E-state index contributed by atoms with van der Waals surface area (Å²) in [4.78, 5) is 27.9. The number of Topliss-reactive ketones (excluding diaryl/α,β-unsaturated/α-hetero) is 1. The third-order valence-electron chi connectivity index (χ3n) is 5.64. The fourth-order valence-electron chi connectivity index (χ4n) is 4.05. The first-order valence-corrected chi connectivity index (χ1v) is 9.41. The summed E-state index contributed by atoms with van der Waals surface area (Å²) in [5.74, 6) is -1.26. The molecule has 0 saturated carbocycles. The molecule has 0 bridgehead atoms. The Balaban J connectivity index is 2.17. The second kappa shape index (κ2) is 7.10. The van der Waals surface area contributed by atoms with E-state index in [-0.39, 0.29) is 11.7 Å². The van der Waals surface area contributed by atoms with E-state index < -0.39 is 11.6 Å². The molecule has 1 fully saturated rings. The van der Waals surface area contributed by atoms with Crippen molar-refractivity contribution in [2.45, 2.75) is 39.3 Å². The van der Waals surface area contributed by atoms with Crippen LogP contribution in [0, 0.1) is 13.8 Å². The number of hydrogen-bond donors (Lipinski definition) is 0. The van der Waals surface area contributed by atoms with E-state index >= 15 is 0 Å². The topological polar surface area (TPSA) is 46.6 Å². The van der Waals surface area contributed by atoms with E-state index in [0.717, 1.165) is 27.8 Å². The molecule has 0 aliphatic carbocycles. The van der Waals surface area contributed by atoms with E-state index in [4.69, 9.17) is 16.3 Å². The van der Waals surface area contributed by atoms with Crippen molar-refractivity contribution in [1.29, 1.82) is 0 Å². The maximum Gasteiger partial charge on any atom is 0.240 e. The molecule has 1 aliphatic heterocycles. The van der Waals surface area contributed by atoms with Gasteiger partial charge in [0.25, 0.3) is 0 Å². The Morgan fingerprint density at radius 2 is 1.74 bits per heavy atom. The minimum absolute atomic E-state index is 0.202. The molecule has 5 heteroatoms. The predicted octanol–water partition coefficient (Wildman–Crippen LogP) is 4.50. The first-order chi connectivity index (χ1) is 12.8. The monoisotopic (exact) mass is 385 g/mol. The van der Waals surface area contributed by atoms with Crippen molar-refractivity contribution in [3.63, 3.8) is 0 Å². The molecular weight excluding hydrogens is 362 g/mol. The van der Waals surface area contributed by atoms with Crippen LogP contribution in [0.15, 0.2) is 36.4 Å². The quantitative estimate of drug-likeness (QED) is 0.728. The minimum atomic E-state index is -1.23. The van der Waals surface area contributed by atoms with Gasteiger partial charge in [-0.2, -0.15) is 0 Å². The molecule has 3 rings (SSSR count). The van der Waals surface area contributed by atoms with E-state index in [1.807, 2.05) is 57.2 Å². The van der Waals surface area contributed by atoms with Gasteiger partial charge < -0.3 is 9.64 Å². The number of methoxy groups -OCH3 is 1. The summed E-state index contributed by atoms with van der Waals surface area (Å²) in [6.07, 6.45) is 0. The van der Waals surface area contributed by atoms with Gasteiger partial charge in [-0.25, -0.2) is 0 Å². The molecule has 27 heavy (non-hydrogen) atoms. The molecule has 4 nitrogen and oxygen atoms in total. The number of carbonyl (C=O) groups excluding carboxylic acids is 2. The Hall–Kier alpha value is -2.17. The summed E-state index contributed by atoms with van der Waals surface area (Å²) >= 11 is 6.01. The second-order valence-electron chi connectivity index (χ2n) is 7.04. The van der Waals surface area contributed by atoms with Gasteiger partial charge >= 0.3 is 0 Å². The van der Waals surface area contributed by atoms with Crippen LogP contribution in [0.4, 0.5) is 0 Å².